The lowest BCUT2D eigenvalue weighted by Crippen LogP contribution is -1.86. The van der Waals surface area contributed by atoms with Gasteiger partial charge in [0.2, 0.25) is 0 Å². The molecule has 2 rings (SSSR count). The van der Waals surface area contributed by atoms with E-state index in [0.29, 0.717) is 0 Å². The Labute approximate surface area is 83.8 Å². The van der Waals surface area contributed by atoms with Crippen molar-refractivity contribution in [2.75, 3.05) is 0 Å². The number of aryl methyl sites for hydroxylation is 1. The fraction of sp³-hybridized carbons (Fsp3) is 0.154. The second-order valence-electron chi connectivity index (χ2n) is 3.24. The van der Waals surface area contributed by atoms with Gasteiger partial charge in [-0.25, -0.2) is 0 Å². The Balaban J connectivity index is 2.37. The van der Waals surface area contributed by atoms with Gasteiger partial charge in [-0.05, 0) is 24.1 Å². The minimum atomic E-state index is 0.778. The SMILES string of the molecule is C#CCCc1cnc2ccccc2c1. The summed E-state index contributed by atoms with van der Waals surface area (Å²) in [4.78, 5) is 4.37. The predicted octanol–water partition coefficient (Wildman–Crippen LogP) is 2.80. The molecule has 0 amide bonds. The highest BCUT2D eigenvalue weighted by atomic mass is 14.6. The molecule has 2 aromatic rings. The van der Waals surface area contributed by atoms with Gasteiger partial charge in [-0.3, -0.25) is 4.98 Å². The molecule has 1 aromatic heterocycles. The van der Waals surface area contributed by atoms with Crippen LogP contribution in [0.5, 0.6) is 0 Å². The van der Waals surface area contributed by atoms with Gasteiger partial charge >= 0.3 is 0 Å². The van der Waals surface area contributed by atoms with E-state index < -0.39 is 0 Å². The van der Waals surface area contributed by atoms with Gasteiger partial charge in [0, 0.05) is 18.0 Å². The number of nitrogens with zero attached hydrogens (tertiary/aromatic N) is 1. The highest BCUT2D eigenvalue weighted by molar-refractivity contribution is 5.78. The Morgan fingerprint density at radius 2 is 2.14 bits per heavy atom. The Morgan fingerprint density at radius 3 is 3.00 bits per heavy atom. The standard InChI is InChI=1S/C13H11N/c1-2-3-6-11-9-12-7-4-5-8-13(12)14-10-11/h1,4-5,7-10H,3,6H2. The average molecular weight is 181 g/mol. The van der Waals surface area contributed by atoms with Crippen molar-refractivity contribution in [1.82, 2.24) is 4.98 Å². The number of para-hydroxylation sites is 1. The zero-order chi connectivity index (χ0) is 9.80. The molecule has 0 aliphatic rings. The third-order valence-electron chi connectivity index (χ3n) is 2.21. The third kappa shape index (κ3) is 1.75. The largest absolute Gasteiger partial charge is 0.256 e. The van der Waals surface area contributed by atoms with Crippen LogP contribution in [0.2, 0.25) is 0 Å². The van der Waals surface area contributed by atoms with Crippen LogP contribution in [0.4, 0.5) is 0 Å². The van der Waals surface area contributed by atoms with Gasteiger partial charge in [0.15, 0.2) is 0 Å². The first kappa shape index (κ1) is 8.77. The molecule has 0 bridgehead atoms. The number of fused-ring (bicyclic) bond motifs is 1. The second-order valence-corrected chi connectivity index (χ2v) is 3.24. The van der Waals surface area contributed by atoms with Crippen molar-refractivity contribution < 1.29 is 0 Å². The molecule has 0 fully saturated rings. The van der Waals surface area contributed by atoms with E-state index in [1.54, 1.807) is 0 Å². The van der Waals surface area contributed by atoms with Crippen LogP contribution >= 0.6 is 0 Å². The molecule has 0 saturated carbocycles. The van der Waals surface area contributed by atoms with E-state index in [-0.39, 0.29) is 0 Å². The molecule has 0 radical (unpaired) electrons. The molecule has 0 aliphatic carbocycles. The number of hydrogen-bond donors (Lipinski definition) is 0. The Morgan fingerprint density at radius 1 is 1.29 bits per heavy atom. The van der Waals surface area contributed by atoms with Gasteiger partial charge in [-0.15, -0.1) is 12.3 Å². The summed E-state index contributed by atoms with van der Waals surface area (Å²) in [6.07, 6.45) is 8.81. The maximum atomic E-state index is 5.22. The summed E-state index contributed by atoms with van der Waals surface area (Å²) in [5, 5.41) is 1.18. The van der Waals surface area contributed by atoms with Crippen LogP contribution in [0.1, 0.15) is 12.0 Å². The van der Waals surface area contributed by atoms with Crippen LogP contribution in [0.25, 0.3) is 10.9 Å². The lowest BCUT2D eigenvalue weighted by molar-refractivity contribution is 1.02. The summed E-state index contributed by atoms with van der Waals surface area (Å²) in [6, 6.07) is 10.3. The van der Waals surface area contributed by atoms with Crippen LogP contribution in [-0.2, 0) is 6.42 Å². The van der Waals surface area contributed by atoms with Crippen molar-refractivity contribution in [3.05, 3.63) is 42.1 Å². The summed E-state index contributed by atoms with van der Waals surface area (Å²) >= 11 is 0. The normalized spacial score (nSPS) is 9.93. The summed E-state index contributed by atoms with van der Waals surface area (Å²) in [6.45, 7) is 0. The Bertz CT molecular complexity index is 480. The molecule has 0 spiro atoms. The number of rotatable bonds is 2. The molecule has 14 heavy (non-hydrogen) atoms. The van der Waals surface area contributed by atoms with Crippen LogP contribution < -0.4 is 0 Å². The number of benzene rings is 1. The average Bonchev–Trinajstić information content (AvgIpc) is 2.26. The topological polar surface area (TPSA) is 12.9 Å². The molecule has 0 N–H and O–H groups in total. The van der Waals surface area contributed by atoms with E-state index in [9.17, 15) is 0 Å². The van der Waals surface area contributed by atoms with Crippen LogP contribution in [0.15, 0.2) is 36.5 Å². The second kappa shape index (κ2) is 3.93. The van der Waals surface area contributed by atoms with Crippen LogP contribution in [0.3, 0.4) is 0 Å². The summed E-state index contributed by atoms with van der Waals surface area (Å²) in [5.41, 5.74) is 2.25. The third-order valence-corrected chi connectivity index (χ3v) is 2.21. The van der Waals surface area contributed by atoms with Gasteiger partial charge in [-0.1, -0.05) is 18.2 Å². The first-order valence-electron chi connectivity index (χ1n) is 4.67. The van der Waals surface area contributed by atoms with E-state index in [0.717, 1.165) is 18.4 Å². The fourth-order valence-corrected chi connectivity index (χ4v) is 1.47. The number of hydrogen-bond acceptors (Lipinski definition) is 1. The molecule has 1 heteroatoms. The first-order valence-corrected chi connectivity index (χ1v) is 4.67. The zero-order valence-electron chi connectivity index (χ0n) is 7.90. The monoisotopic (exact) mass is 181 g/mol. The highest BCUT2D eigenvalue weighted by Gasteiger charge is 1.95. The number of terminal acetylenes is 1. The summed E-state index contributed by atoms with van der Waals surface area (Å²) in [5.74, 6) is 2.64. The van der Waals surface area contributed by atoms with E-state index in [1.165, 1.54) is 10.9 Å². The van der Waals surface area contributed by atoms with Crippen molar-refractivity contribution in [1.29, 1.82) is 0 Å². The molecule has 68 valence electrons. The maximum absolute atomic E-state index is 5.22. The van der Waals surface area contributed by atoms with Gasteiger partial charge in [0.1, 0.15) is 0 Å². The lowest BCUT2D eigenvalue weighted by Gasteiger charge is -2.00. The highest BCUT2D eigenvalue weighted by Crippen LogP contribution is 2.13. The predicted molar refractivity (Wildman–Crippen MR) is 58.9 cm³/mol. The van der Waals surface area contributed by atoms with Crippen LogP contribution in [-0.4, -0.2) is 4.98 Å². The van der Waals surface area contributed by atoms with Gasteiger partial charge in [0.05, 0.1) is 5.52 Å². The molecular formula is C13H11N. The lowest BCUT2D eigenvalue weighted by atomic mass is 10.1. The van der Waals surface area contributed by atoms with E-state index >= 15 is 0 Å². The van der Waals surface area contributed by atoms with Gasteiger partial charge < -0.3 is 0 Å². The molecule has 0 saturated heterocycles. The number of pyridine rings is 1. The van der Waals surface area contributed by atoms with E-state index in [4.69, 9.17) is 6.42 Å². The zero-order valence-corrected chi connectivity index (χ0v) is 7.90. The summed E-state index contributed by atoms with van der Waals surface area (Å²) < 4.78 is 0. The minimum Gasteiger partial charge on any atom is -0.256 e. The van der Waals surface area contributed by atoms with E-state index in [1.807, 2.05) is 24.4 Å². The molecule has 0 unspecified atom stereocenters. The van der Waals surface area contributed by atoms with E-state index in [2.05, 4.69) is 23.0 Å². The smallest absolute Gasteiger partial charge is 0.0702 e. The molecule has 0 atom stereocenters. The molecular weight excluding hydrogens is 170 g/mol. The maximum Gasteiger partial charge on any atom is 0.0702 e. The molecule has 0 aliphatic heterocycles. The van der Waals surface area contributed by atoms with Crippen molar-refractivity contribution in [3.63, 3.8) is 0 Å². The Hall–Kier alpha value is -1.81. The van der Waals surface area contributed by atoms with Crippen molar-refractivity contribution in [3.8, 4) is 12.3 Å². The van der Waals surface area contributed by atoms with Crippen molar-refractivity contribution >= 4 is 10.9 Å². The van der Waals surface area contributed by atoms with Crippen molar-refractivity contribution in [2.24, 2.45) is 0 Å². The Kier molecular flexibility index (Phi) is 2.46. The molecule has 1 aromatic carbocycles. The van der Waals surface area contributed by atoms with Gasteiger partial charge in [0.25, 0.3) is 0 Å². The van der Waals surface area contributed by atoms with Crippen molar-refractivity contribution in [2.45, 2.75) is 12.8 Å². The first-order chi connectivity index (χ1) is 6.90. The minimum absolute atomic E-state index is 0.778. The van der Waals surface area contributed by atoms with Gasteiger partial charge in [-0.2, -0.15) is 0 Å². The quantitative estimate of drug-likeness (QED) is 0.649. The van der Waals surface area contributed by atoms with Crippen LogP contribution in [0, 0.1) is 12.3 Å². The molecule has 1 heterocycles. The molecule has 1 nitrogen and oxygen atoms in total. The summed E-state index contributed by atoms with van der Waals surface area (Å²) in [7, 11) is 0. The fourth-order valence-electron chi connectivity index (χ4n) is 1.47. The number of aromatic nitrogens is 1.